The quantitative estimate of drug-likeness (QED) is 0.834. The number of aromatic nitrogens is 2. The normalized spacial score (nSPS) is 10.8. The lowest BCUT2D eigenvalue weighted by Crippen LogP contribution is -2.08. The van der Waals surface area contributed by atoms with E-state index in [1.54, 1.807) is 6.92 Å². The Labute approximate surface area is 95.6 Å². The van der Waals surface area contributed by atoms with Gasteiger partial charge < -0.3 is 9.72 Å². The zero-order valence-corrected chi connectivity index (χ0v) is 9.09. The first-order valence-corrected chi connectivity index (χ1v) is 5.10. The summed E-state index contributed by atoms with van der Waals surface area (Å²) in [5, 5.41) is 0. The summed E-state index contributed by atoms with van der Waals surface area (Å²) in [6, 6.07) is 2.37. The standard InChI is InChI=1S/C11H10F2N2O2/c1-2-17-9(16)5-8-14-7-4-3-6(12)10(13)11(7)15-8/h3-4H,2,5H2,1H3,(H,14,15). The van der Waals surface area contributed by atoms with E-state index >= 15 is 0 Å². The number of hydrogen-bond donors (Lipinski definition) is 1. The van der Waals surface area contributed by atoms with Gasteiger partial charge in [0.15, 0.2) is 11.6 Å². The predicted octanol–water partition coefficient (Wildman–Crippen LogP) is 1.95. The summed E-state index contributed by atoms with van der Waals surface area (Å²) in [5.41, 5.74) is 0.243. The maximum atomic E-state index is 13.3. The molecule has 1 aromatic heterocycles. The summed E-state index contributed by atoms with van der Waals surface area (Å²) in [5.74, 6) is -2.20. The summed E-state index contributed by atoms with van der Waals surface area (Å²) in [4.78, 5) is 17.7. The summed E-state index contributed by atoms with van der Waals surface area (Å²) < 4.78 is 31.0. The highest BCUT2D eigenvalue weighted by Gasteiger charge is 2.13. The van der Waals surface area contributed by atoms with Crippen LogP contribution >= 0.6 is 0 Å². The Morgan fingerprint density at radius 1 is 1.47 bits per heavy atom. The topological polar surface area (TPSA) is 55.0 Å². The van der Waals surface area contributed by atoms with E-state index in [2.05, 4.69) is 9.97 Å². The molecule has 0 saturated heterocycles. The van der Waals surface area contributed by atoms with Crippen LogP contribution in [-0.2, 0) is 16.0 Å². The number of carbonyl (C=O) groups excluding carboxylic acids is 1. The highest BCUT2D eigenvalue weighted by molar-refractivity contribution is 5.78. The molecule has 1 N–H and O–H groups in total. The van der Waals surface area contributed by atoms with Crippen molar-refractivity contribution < 1.29 is 18.3 Å². The number of ether oxygens (including phenoxy) is 1. The molecule has 0 saturated carbocycles. The number of hydrogen-bond acceptors (Lipinski definition) is 3. The number of rotatable bonds is 3. The number of H-pyrrole nitrogens is 1. The SMILES string of the molecule is CCOC(=O)Cc1nc2c(F)c(F)ccc2[nH]1. The van der Waals surface area contributed by atoms with Gasteiger partial charge in [-0.05, 0) is 19.1 Å². The number of halogens is 2. The van der Waals surface area contributed by atoms with Gasteiger partial charge in [-0.1, -0.05) is 0 Å². The molecule has 2 rings (SSSR count). The van der Waals surface area contributed by atoms with Crippen LogP contribution in [0.1, 0.15) is 12.7 Å². The first-order chi connectivity index (χ1) is 8.11. The number of nitrogens with zero attached hydrogens (tertiary/aromatic N) is 1. The van der Waals surface area contributed by atoms with Crippen LogP contribution < -0.4 is 0 Å². The van der Waals surface area contributed by atoms with Crippen molar-refractivity contribution in [3.8, 4) is 0 Å². The van der Waals surface area contributed by atoms with Gasteiger partial charge in [0, 0.05) is 0 Å². The van der Waals surface area contributed by atoms with Crippen LogP contribution in [0.25, 0.3) is 11.0 Å². The molecule has 2 aromatic rings. The van der Waals surface area contributed by atoms with E-state index in [0.717, 1.165) is 6.07 Å². The molecule has 6 heteroatoms. The first-order valence-electron chi connectivity index (χ1n) is 5.10. The lowest BCUT2D eigenvalue weighted by molar-refractivity contribution is -0.142. The van der Waals surface area contributed by atoms with Gasteiger partial charge in [-0.25, -0.2) is 13.8 Å². The van der Waals surface area contributed by atoms with Gasteiger partial charge in [-0.2, -0.15) is 0 Å². The van der Waals surface area contributed by atoms with Crippen LogP contribution in [0.5, 0.6) is 0 Å². The van der Waals surface area contributed by atoms with Crippen LogP contribution in [0.15, 0.2) is 12.1 Å². The van der Waals surface area contributed by atoms with E-state index in [0.29, 0.717) is 5.52 Å². The van der Waals surface area contributed by atoms with Crippen molar-refractivity contribution in [3.63, 3.8) is 0 Å². The molecular formula is C11H10F2N2O2. The smallest absolute Gasteiger partial charge is 0.313 e. The average Bonchev–Trinajstić information content (AvgIpc) is 2.67. The molecule has 90 valence electrons. The Hall–Kier alpha value is -1.98. The van der Waals surface area contributed by atoms with Gasteiger partial charge in [0.1, 0.15) is 17.8 Å². The van der Waals surface area contributed by atoms with Crippen LogP contribution in [0.3, 0.4) is 0 Å². The van der Waals surface area contributed by atoms with Gasteiger partial charge in [-0.3, -0.25) is 4.79 Å². The molecule has 0 amide bonds. The third-order valence-electron chi connectivity index (χ3n) is 2.21. The summed E-state index contributed by atoms with van der Waals surface area (Å²) in [6.45, 7) is 1.95. The predicted molar refractivity (Wildman–Crippen MR) is 56.3 cm³/mol. The number of imidazole rings is 1. The summed E-state index contributed by atoms with van der Waals surface area (Å²) in [7, 11) is 0. The van der Waals surface area contributed by atoms with E-state index < -0.39 is 17.6 Å². The van der Waals surface area contributed by atoms with E-state index in [4.69, 9.17) is 4.74 Å². The molecule has 0 aliphatic heterocycles. The van der Waals surface area contributed by atoms with E-state index in [1.807, 2.05) is 0 Å². The Bertz CT molecular complexity index is 566. The summed E-state index contributed by atoms with van der Waals surface area (Å²) in [6.07, 6.45) is -0.0937. The second-order valence-corrected chi connectivity index (χ2v) is 3.42. The monoisotopic (exact) mass is 240 g/mol. The van der Waals surface area contributed by atoms with Crippen molar-refractivity contribution >= 4 is 17.0 Å². The highest BCUT2D eigenvalue weighted by atomic mass is 19.2. The van der Waals surface area contributed by atoms with Gasteiger partial charge in [0.2, 0.25) is 0 Å². The van der Waals surface area contributed by atoms with Crippen molar-refractivity contribution in [1.82, 2.24) is 9.97 Å². The van der Waals surface area contributed by atoms with Crippen LogP contribution in [-0.4, -0.2) is 22.5 Å². The fraction of sp³-hybridized carbons (Fsp3) is 0.273. The van der Waals surface area contributed by atoms with Gasteiger partial charge in [0.05, 0.1) is 12.1 Å². The maximum absolute atomic E-state index is 13.3. The van der Waals surface area contributed by atoms with Crippen LogP contribution in [0.4, 0.5) is 8.78 Å². The zero-order chi connectivity index (χ0) is 12.4. The average molecular weight is 240 g/mol. The Kier molecular flexibility index (Phi) is 3.03. The molecule has 1 aromatic carbocycles. The lowest BCUT2D eigenvalue weighted by atomic mass is 10.3. The first kappa shape index (κ1) is 11.5. The molecule has 0 unspecified atom stereocenters. The van der Waals surface area contributed by atoms with E-state index in [1.165, 1.54) is 6.07 Å². The van der Waals surface area contributed by atoms with Crippen molar-refractivity contribution in [2.45, 2.75) is 13.3 Å². The minimum Gasteiger partial charge on any atom is -0.466 e. The minimum absolute atomic E-state index is 0.0937. The number of esters is 1. The van der Waals surface area contributed by atoms with Crippen molar-refractivity contribution in [2.75, 3.05) is 6.61 Å². The lowest BCUT2D eigenvalue weighted by Gasteiger charge is -1.97. The summed E-state index contributed by atoms with van der Waals surface area (Å²) >= 11 is 0. The third-order valence-corrected chi connectivity index (χ3v) is 2.21. The van der Waals surface area contributed by atoms with Crippen molar-refractivity contribution in [1.29, 1.82) is 0 Å². The molecule has 0 radical (unpaired) electrons. The minimum atomic E-state index is -1.02. The Morgan fingerprint density at radius 2 is 2.24 bits per heavy atom. The Morgan fingerprint density at radius 3 is 2.94 bits per heavy atom. The fourth-order valence-corrected chi connectivity index (χ4v) is 1.50. The largest absolute Gasteiger partial charge is 0.466 e. The number of carbonyl (C=O) groups is 1. The molecule has 0 atom stereocenters. The number of nitrogens with one attached hydrogen (secondary N) is 1. The van der Waals surface area contributed by atoms with Crippen molar-refractivity contribution in [2.24, 2.45) is 0 Å². The molecule has 1 heterocycles. The molecule has 0 spiro atoms. The van der Waals surface area contributed by atoms with Crippen LogP contribution in [0.2, 0.25) is 0 Å². The second kappa shape index (κ2) is 4.48. The fourth-order valence-electron chi connectivity index (χ4n) is 1.50. The molecule has 0 aliphatic carbocycles. The molecule has 4 nitrogen and oxygen atoms in total. The Balaban J connectivity index is 2.32. The molecule has 0 bridgehead atoms. The third kappa shape index (κ3) is 2.25. The highest BCUT2D eigenvalue weighted by Crippen LogP contribution is 2.18. The van der Waals surface area contributed by atoms with Gasteiger partial charge in [0.25, 0.3) is 0 Å². The van der Waals surface area contributed by atoms with Crippen molar-refractivity contribution in [3.05, 3.63) is 29.6 Å². The maximum Gasteiger partial charge on any atom is 0.313 e. The van der Waals surface area contributed by atoms with Gasteiger partial charge in [-0.15, -0.1) is 0 Å². The number of fused-ring (bicyclic) bond motifs is 1. The molecule has 17 heavy (non-hydrogen) atoms. The molecule has 0 aliphatic rings. The molecular weight excluding hydrogens is 230 g/mol. The number of benzene rings is 1. The van der Waals surface area contributed by atoms with E-state index in [9.17, 15) is 13.6 Å². The zero-order valence-electron chi connectivity index (χ0n) is 9.09. The van der Waals surface area contributed by atoms with E-state index in [-0.39, 0.29) is 24.4 Å². The van der Waals surface area contributed by atoms with Crippen LogP contribution in [0, 0.1) is 11.6 Å². The van der Waals surface area contributed by atoms with Gasteiger partial charge >= 0.3 is 5.97 Å². The second-order valence-electron chi connectivity index (χ2n) is 3.42. The number of aromatic amines is 1. The molecule has 0 fully saturated rings.